The lowest BCUT2D eigenvalue weighted by Crippen LogP contribution is -2.35. The SMILES string of the molecule is Cc1sc(Br)cc1S(=O)(=O)N[C@H](C)CO. The van der Waals surface area contributed by atoms with E-state index in [1.807, 2.05) is 0 Å². The van der Waals surface area contributed by atoms with Crippen LogP contribution in [0.15, 0.2) is 14.7 Å². The Kier molecular flexibility index (Phi) is 4.30. The molecular formula is C8H12BrNO3S2. The predicted octanol–water partition coefficient (Wildman–Crippen LogP) is 1.48. The first-order chi connectivity index (χ1) is 6.86. The number of hydrogen-bond donors (Lipinski definition) is 2. The lowest BCUT2D eigenvalue weighted by molar-refractivity contribution is 0.265. The summed E-state index contributed by atoms with van der Waals surface area (Å²) in [6, 6.07) is 1.08. The van der Waals surface area contributed by atoms with Crippen LogP contribution in [0.4, 0.5) is 0 Å². The summed E-state index contributed by atoms with van der Waals surface area (Å²) in [6.45, 7) is 3.13. The minimum absolute atomic E-state index is 0.219. The summed E-state index contributed by atoms with van der Waals surface area (Å²) in [4.78, 5) is 0.985. The van der Waals surface area contributed by atoms with Crippen LogP contribution in [-0.4, -0.2) is 26.2 Å². The minimum Gasteiger partial charge on any atom is -0.395 e. The van der Waals surface area contributed by atoms with Crippen molar-refractivity contribution in [2.45, 2.75) is 24.8 Å². The van der Waals surface area contributed by atoms with E-state index >= 15 is 0 Å². The van der Waals surface area contributed by atoms with Crippen molar-refractivity contribution in [2.24, 2.45) is 0 Å². The highest BCUT2D eigenvalue weighted by Gasteiger charge is 2.21. The third kappa shape index (κ3) is 3.25. The molecular weight excluding hydrogens is 302 g/mol. The van der Waals surface area contributed by atoms with Gasteiger partial charge in [0.15, 0.2) is 0 Å². The highest BCUT2D eigenvalue weighted by molar-refractivity contribution is 9.11. The molecule has 4 nitrogen and oxygen atoms in total. The molecule has 0 fully saturated rings. The molecule has 0 saturated heterocycles. The standard InChI is InChI=1S/C8H12BrNO3S2/c1-5(4-11)10-15(12,13)7-3-8(9)14-6(7)2/h3,5,10-11H,4H2,1-2H3/t5-/m1/s1. The van der Waals surface area contributed by atoms with Crippen LogP contribution in [0.5, 0.6) is 0 Å². The highest BCUT2D eigenvalue weighted by atomic mass is 79.9. The van der Waals surface area contributed by atoms with Gasteiger partial charge in [0.2, 0.25) is 10.0 Å². The topological polar surface area (TPSA) is 66.4 Å². The van der Waals surface area contributed by atoms with Gasteiger partial charge in [-0.3, -0.25) is 0 Å². The molecule has 0 radical (unpaired) electrons. The summed E-state index contributed by atoms with van der Waals surface area (Å²) in [7, 11) is -3.51. The largest absolute Gasteiger partial charge is 0.395 e. The van der Waals surface area contributed by atoms with Crippen molar-refractivity contribution in [2.75, 3.05) is 6.61 Å². The van der Waals surface area contributed by atoms with E-state index < -0.39 is 16.1 Å². The molecule has 2 N–H and O–H groups in total. The van der Waals surface area contributed by atoms with Gasteiger partial charge in [0.25, 0.3) is 0 Å². The van der Waals surface area contributed by atoms with Gasteiger partial charge in [0.1, 0.15) is 0 Å². The van der Waals surface area contributed by atoms with E-state index in [9.17, 15) is 8.42 Å². The predicted molar refractivity (Wildman–Crippen MR) is 63.6 cm³/mol. The van der Waals surface area contributed by atoms with Crippen molar-refractivity contribution in [1.29, 1.82) is 0 Å². The second kappa shape index (κ2) is 4.92. The van der Waals surface area contributed by atoms with Crippen LogP contribution in [0, 0.1) is 6.92 Å². The number of aliphatic hydroxyl groups is 1. The fraction of sp³-hybridized carbons (Fsp3) is 0.500. The molecule has 0 bridgehead atoms. The van der Waals surface area contributed by atoms with E-state index in [1.54, 1.807) is 19.9 Å². The Morgan fingerprint density at radius 3 is 2.67 bits per heavy atom. The zero-order valence-electron chi connectivity index (χ0n) is 8.32. The summed E-state index contributed by atoms with van der Waals surface area (Å²) >= 11 is 4.60. The molecule has 0 aliphatic rings. The summed E-state index contributed by atoms with van der Waals surface area (Å²) in [6.07, 6.45) is 0. The van der Waals surface area contributed by atoms with Crippen LogP contribution in [0.3, 0.4) is 0 Å². The number of thiophene rings is 1. The van der Waals surface area contributed by atoms with Gasteiger partial charge in [0.05, 0.1) is 15.3 Å². The third-order valence-corrected chi connectivity index (χ3v) is 5.16. The Hall–Kier alpha value is 0.0500. The molecule has 0 amide bonds. The van der Waals surface area contributed by atoms with E-state index in [1.165, 1.54) is 11.3 Å². The molecule has 0 spiro atoms. The highest BCUT2D eigenvalue weighted by Crippen LogP contribution is 2.29. The molecule has 0 aliphatic heterocycles. The lowest BCUT2D eigenvalue weighted by Gasteiger charge is -2.10. The summed E-state index contributed by atoms with van der Waals surface area (Å²) < 4.78 is 26.8. The normalized spacial score (nSPS) is 14.1. The molecule has 1 aromatic heterocycles. The van der Waals surface area contributed by atoms with E-state index in [2.05, 4.69) is 20.7 Å². The Bertz CT molecular complexity index is 441. The van der Waals surface area contributed by atoms with Crippen molar-refractivity contribution in [3.05, 3.63) is 14.7 Å². The van der Waals surface area contributed by atoms with Crippen molar-refractivity contribution in [1.82, 2.24) is 4.72 Å². The first kappa shape index (κ1) is 13.1. The molecule has 0 aliphatic carbocycles. The first-order valence-corrected chi connectivity index (χ1v) is 7.35. The maximum Gasteiger partial charge on any atom is 0.242 e. The maximum absolute atomic E-state index is 11.8. The number of hydrogen-bond acceptors (Lipinski definition) is 4. The second-order valence-electron chi connectivity index (χ2n) is 3.18. The molecule has 1 aromatic rings. The number of aliphatic hydroxyl groups excluding tert-OH is 1. The van der Waals surface area contributed by atoms with Crippen LogP contribution in [0.2, 0.25) is 0 Å². The maximum atomic E-state index is 11.8. The Morgan fingerprint density at radius 1 is 1.67 bits per heavy atom. The third-order valence-electron chi connectivity index (χ3n) is 1.76. The Morgan fingerprint density at radius 2 is 2.27 bits per heavy atom. The Labute approximate surface area is 102 Å². The zero-order chi connectivity index (χ0) is 11.6. The quantitative estimate of drug-likeness (QED) is 0.884. The van der Waals surface area contributed by atoms with Crippen molar-refractivity contribution in [3.63, 3.8) is 0 Å². The molecule has 1 rings (SSSR count). The van der Waals surface area contributed by atoms with Gasteiger partial charge in [-0.15, -0.1) is 11.3 Å². The van der Waals surface area contributed by atoms with Gasteiger partial charge in [-0.1, -0.05) is 0 Å². The fourth-order valence-corrected chi connectivity index (χ4v) is 4.71. The molecule has 86 valence electrons. The van der Waals surface area contributed by atoms with E-state index in [0.717, 1.165) is 8.66 Å². The summed E-state index contributed by atoms with van der Waals surface area (Å²) in [5.74, 6) is 0. The van der Waals surface area contributed by atoms with Crippen molar-refractivity contribution < 1.29 is 13.5 Å². The number of nitrogens with one attached hydrogen (secondary N) is 1. The Balaban J connectivity index is 3.01. The van der Waals surface area contributed by atoms with E-state index in [0.29, 0.717) is 0 Å². The van der Waals surface area contributed by atoms with Gasteiger partial charge in [-0.2, -0.15) is 0 Å². The molecule has 1 atom stereocenters. The van der Waals surface area contributed by atoms with Crippen LogP contribution in [-0.2, 0) is 10.0 Å². The van der Waals surface area contributed by atoms with E-state index in [-0.39, 0.29) is 11.5 Å². The molecule has 0 aromatic carbocycles. The van der Waals surface area contributed by atoms with E-state index in [4.69, 9.17) is 5.11 Å². The van der Waals surface area contributed by atoms with Gasteiger partial charge in [0, 0.05) is 10.9 Å². The number of aryl methyl sites for hydroxylation is 1. The molecule has 0 unspecified atom stereocenters. The minimum atomic E-state index is -3.51. The molecule has 7 heteroatoms. The smallest absolute Gasteiger partial charge is 0.242 e. The average Bonchev–Trinajstić information content (AvgIpc) is 2.45. The fourth-order valence-electron chi connectivity index (χ4n) is 1.06. The van der Waals surface area contributed by atoms with Gasteiger partial charge in [-0.05, 0) is 35.8 Å². The van der Waals surface area contributed by atoms with Gasteiger partial charge in [-0.25, -0.2) is 13.1 Å². The second-order valence-corrected chi connectivity index (χ2v) is 7.49. The van der Waals surface area contributed by atoms with Crippen LogP contribution < -0.4 is 4.72 Å². The monoisotopic (exact) mass is 313 g/mol. The van der Waals surface area contributed by atoms with Crippen LogP contribution in [0.25, 0.3) is 0 Å². The van der Waals surface area contributed by atoms with Crippen LogP contribution in [0.1, 0.15) is 11.8 Å². The van der Waals surface area contributed by atoms with Gasteiger partial charge >= 0.3 is 0 Å². The lowest BCUT2D eigenvalue weighted by atomic mass is 10.4. The number of halogens is 1. The average molecular weight is 314 g/mol. The van der Waals surface area contributed by atoms with Crippen LogP contribution >= 0.6 is 27.3 Å². The number of rotatable bonds is 4. The first-order valence-electron chi connectivity index (χ1n) is 4.26. The molecule has 0 saturated carbocycles. The van der Waals surface area contributed by atoms with Crippen molar-refractivity contribution >= 4 is 37.3 Å². The summed E-state index contributed by atoms with van der Waals surface area (Å²) in [5.41, 5.74) is 0. The van der Waals surface area contributed by atoms with Crippen molar-refractivity contribution in [3.8, 4) is 0 Å². The number of sulfonamides is 1. The zero-order valence-corrected chi connectivity index (χ0v) is 11.5. The van der Waals surface area contributed by atoms with Gasteiger partial charge < -0.3 is 5.11 Å². The molecule has 15 heavy (non-hydrogen) atoms. The molecule has 1 heterocycles. The summed E-state index contributed by atoms with van der Waals surface area (Å²) in [5, 5.41) is 8.79.